The van der Waals surface area contributed by atoms with Gasteiger partial charge in [-0.1, -0.05) is 13.3 Å². The Kier molecular flexibility index (Phi) is 7.89. The van der Waals surface area contributed by atoms with Crippen LogP contribution in [0, 0.1) is 5.92 Å². The Bertz CT molecular complexity index is 482. The van der Waals surface area contributed by atoms with Crippen molar-refractivity contribution in [2.24, 2.45) is 5.92 Å². The highest BCUT2D eigenvalue weighted by atomic mass is 16.4. The Hall–Kier alpha value is -1.75. The molecular formula is C19H31N3O2. The molecule has 1 heterocycles. The number of rotatable bonds is 10. The van der Waals surface area contributed by atoms with E-state index in [2.05, 4.69) is 34.6 Å². The summed E-state index contributed by atoms with van der Waals surface area (Å²) in [6, 6.07) is 8.33. The van der Waals surface area contributed by atoms with Gasteiger partial charge in [0.15, 0.2) is 0 Å². The lowest BCUT2D eigenvalue weighted by molar-refractivity contribution is -0.136. The van der Waals surface area contributed by atoms with Crippen LogP contribution >= 0.6 is 0 Å². The largest absolute Gasteiger partial charge is 0.481 e. The molecule has 0 spiro atoms. The second-order valence-electron chi connectivity index (χ2n) is 6.61. The average molecular weight is 333 g/mol. The maximum Gasteiger partial charge on any atom is 0.305 e. The zero-order chi connectivity index (χ0) is 17.2. The molecule has 0 radical (unpaired) electrons. The van der Waals surface area contributed by atoms with Crippen LogP contribution in [0.1, 0.15) is 39.0 Å². The van der Waals surface area contributed by atoms with Gasteiger partial charge in [-0.05, 0) is 62.5 Å². The van der Waals surface area contributed by atoms with Gasteiger partial charge < -0.3 is 20.6 Å². The summed E-state index contributed by atoms with van der Waals surface area (Å²) >= 11 is 0. The van der Waals surface area contributed by atoms with E-state index < -0.39 is 5.97 Å². The van der Waals surface area contributed by atoms with Crippen LogP contribution in [0.2, 0.25) is 0 Å². The van der Waals surface area contributed by atoms with Crippen LogP contribution < -0.4 is 15.5 Å². The second kappa shape index (κ2) is 10.2. The molecule has 0 amide bonds. The first kappa shape index (κ1) is 18.6. The molecule has 134 valence electrons. The minimum absolute atomic E-state index is 0.140. The number of carbonyl (C=O) groups is 1. The molecule has 0 saturated carbocycles. The number of unbranched alkanes of at least 4 members (excludes halogenated alkanes) is 1. The first-order chi connectivity index (χ1) is 11.7. The van der Waals surface area contributed by atoms with Crippen LogP contribution in [0.5, 0.6) is 0 Å². The minimum atomic E-state index is -0.772. The lowest BCUT2D eigenvalue weighted by Crippen LogP contribution is -2.37. The third kappa shape index (κ3) is 6.40. The van der Waals surface area contributed by atoms with Crippen molar-refractivity contribution < 1.29 is 9.90 Å². The Labute approximate surface area is 145 Å². The summed E-state index contributed by atoms with van der Waals surface area (Å²) in [5.74, 6) is 0.0289. The maximum atomic E-state index is 10.5. The number of nitrogens with zero attached hydrogens (tertiary/aromatic N) is 1. The molecule has 0 bridgehead atoms. The van der Waals surface area contributed by atoms with Crippen molar-refractivity contribution in [3.63, 3.8) is 0 Å². The van der Waals surface area contributed by atoms with Gasteiger partial charge in [0.25, 0.3) is 0 Å². The standard InChI is InChI=1S/C19H31N3O2/c1-2-3-11-20-15-16-9-13-22(14-10-16)18-6-4-17(5-7-18)21-12-8-19(23)24/h4-7,16,20-21H,2-3,8-15H2,1H3,(H,23,24). The number of hydrogen-bond donors (Lipinski definition) is 3. The predicted octanol–water partition coefficient (Wildman–Crippen LogP) is 3.18. The third-order valence-corrected chi connectivity index (χ3v) is 4.66. The van der Waals surface area contributed by atoms with E-state index in [4.69, 9.17) is 5.11 Å². The van der Waals surface area contributed by atoms with Crippen molar-refractivity contribution in [3.05, 3.63) is 24.3 Å². The molecule has 0 aromatic heterocycles. The van der Waals surface area contributed by atoms with Crippen LogP contribution in [0.15, 0.2) is 24.3 Å². The zero-order valence-electron chi connectivity index (χ0n) is 14.8. The van der Waals surface area contributed by atoms with E-state index in [1.54, 1.807) is 0 Å². The number of benzene rings is 1. The monoisotopic (exact) mass is 333 g/mol. The van der Waals surface area contributed by atoms with E-state index in [1.807, 2.05) is 12.1 Å². The van der Waals surface area contributed by atoms with Crippen molar-refractivity contribution >= 4 is 17.3 Å². The van der Waals surface area contributed by atoms with E-state index in [0.717, 1.165) is 37.8 Å². The molecule has 1 aliphatic heterocycles. The van der Waals surface area contributed by atoms with Gasteiger partial charge in [-0.3, -0.25) is 4.79 Å². The van der Waals surface area contributed by atoms with E-state index in [0.29, 0.717) is 6.54 Å². The highest BCUT2D eigenvalue weighted by Crippen LogP contribution is 2.24. The normalized spacial score (nSPS) is 15.5. The summed E-state index contributed by atoms with van der Waals surface area (Å²) in [5, 5.41) is 15.4. The maximum absolute atomic E-state index is 10.5. The Morgan fingerprint density at radius 2 is 1.92 bits per heavy atom. The number of carboxylic acid groups (broad SMARTS) is 1. The molecule has 1 aliphatic rings. The number of nitrogens with one attached hydrogen (secondary N) is 2. The van der Waals surface area contributed by atoms with E-state index in [1.165, 1.54) is 31.4 Å². The van der Waals surface area contributed by atoms with Crippen molar-refractivity contribution in [2.45, 2.75) is 39.0 Å². The van der Waals surface area contributed by atoms with E-state index >= 15 is 0 Å². The molecule has 1 aromatic carbocycles. The summed E-state index contributed by atoms with van der Waals surface area (Å²) in [6.07, 6.45) is 5.16. The van der Waals surface area contributed by atoms with E-state index in [9.17, 15) is 4.79 Å². The number of hydrogen-bond acceptors (Lipinski definition) is 4. The van der Waals surface area contributed by atoms with Crippen molar-refractivity contribution in [1.82, 2.24) is 5.32 Å². The van der Waals surface area contributed by atoms with Gasteiger partial charge in [-0.25, -0.2) is 0 Å². The summed E-state index contributed by atoms with van der Waals surface area (Å²) in [4.78, 5) is 13.0. The minimum Gasteiger partial charge on any atom is -0.481 e. The highest BCUT2D eigenvalue weighted by molar-refractivity contribution is 5.67. The lowest BCUT2D eigenvalue weighted by Gasteiger charge is -2.34. The Morgan fingerprint density at radius 3 is 2.54 bits per heavy atom. The molecule has 1 fully saturated rings. The number of anilines is 2. The van der Waals surface area contributed by atoms with Crippen molar-refractivity contribution in [1.29, 1.82) is 0 Å². The summed E-state index contributed by atoms with van der Waals surface area (Å²) in [7, 11) is 0. The highest BCUT2D eigenvalue weighted by Gasteiger charge is 2.18. The first-order valence-corrected chi connectivity index (χ1v) is 9.20. The van der Waals surface area contributed by atoms with E-state index in [-0.39, 0.29) is 6.42 Å². The predicted molar refractivity (Wildman–Crippen MR) is 99.9 cm³/mol. The zero-order valence-corrected chi connectivity index (χ0v) is 14.8. The van der Waals surface area contributed by atoms with Gasteiger partial charge >= 0.3 is 5.97 Å². The van der Waals surface area contributed by atoms with Gasteiger partial charge in [-0.15, -0.1) is 0 Å². The molecule has 24 heavy (non-hydrogen) atoms. The molecule has 5 nitrogen and oxygen atoms in total. The van der Waals surface area contributed by atoms with Crippen LogP contribution in [0.25, 0.3) is 0 Å². The van der Waals surface area contributed by atoms with Gasteiger partial charge in [0, 0.05) is 31.0 Å². The fraction of sp³-hybridized carbons (Fsp3) is 0.632. The summed E-state index contributed by atoms with van der Waals surface area (Å²) in [6.45, 7) is 7.23. The van der Waals surface area contributed by atoms with Crippen molar-refractivity contribution in [2.75, 3.05) is 42.9 Å². The molecule has 3 N–H and O–H groups in total. The molecule has 0 aliphatic carbocycles. The Morgan fingerprint density at radius 1 is 1.21 bits per heavy atom. The summed E-state index contributed by atoms with van der Waals surface area (Å²) < 4.78 is 0. The third-order valence-electron chi connectivity index (χ3n) is 4.66. The number of piperidine rings is 1. The number of aliphatic carboxylic acids is 1. The van der Waals surface area contributed by atoms with Gasteiger partial charge in [-0.2, -0.15) is 0 Å². The molecule has 1 saturated heterocycles. The fourth-order valence-corrected chi connectivity index (χ4v) is 3.11. The van der Waals surface area contributed by atoms with Gasteiger partial charge in [0.1, 0.15) is 0 Å². The molecule has 5 heteroatoms. The molecular weight excluding hydrogens is 302 g/mol. The van der Waals surface area contributed by atoms with Gasteiger partial charge in [0.05, 0.1) is 6.42 Å². The van der Waals surface area contributed by atoms with Crippen LogP contribution in [-0.4, -0.2) is 43.8 Å². The molecule has 0 unspecified atom stereocenters. The van der Waals surface area contributed by atoms with Crippen molar-refractivity contribution in [3.8, 4) is 0 Å². The quantitative estimate of drug-likeness (QED) is 0.574. The lowest BCUT2D eigenvalue weighted by atomic mass is 9.96. The smallest absolute Gasteiger partial charge is 0.305 e. The van der Waals surface area contributed by atoms with Gasteiger partial charge in [0.2, 0.25) is 0 Å². The first-order valence-electron chi connectivity index (χ1n) is 9.20. The SMILES string of the molecule is CCCCNCC1CCN(c2ccc(NCCC(=O)O)cc2)CC1. The van der Waals surface area contributed by atoms with Crippen LogP contribution in [0.3, 0.4) is 0 Å². The van der Waals surface area contributed by atoms with Crippen LogP contribution in [-0.2, 0) is 4.79 Å². The Balaban J connectivity index is 1.70. The number of carboxylic acids is 1. The van der Waals surface area contributed by atoms with Crippen LogP contribution in [0.4, 0.5) is 11.4 Å². The molecule has 0 atom stereocenters. The summed E-state index contributed by atoms with van der Waals surface area (Å²) in [5.41, 5.74) is 2.24. The second-order valence-corrected chi connectivity index (χ2v) is 6.61. The molecule has 2 rings (SSSR count). The average Bonchev–Trinajstić information content (AvgIpc) is 2.60. The molecule has 1 aromatic rings. The topological polar surface area (TPSA) is 64.6 Å². The fourth-order valence-electron chi connectivity index (χ4n) is 3.11.